The van der Waals surface area contributed by atoms with E-state index in [2.05, 4.69) is 26.0 Å². The van der Waals surface area contributed by atoms with Gasteiger partial charge in [-0.1, -0.05) is 56.3 Å². The van der Waals surface area contributed by atoms with E-state index in [1.54, 1.807) is 7.11 Å². The Morgan fingerprint density at radius 2 is 1.67 bits per heavy atom. The highest BCUT2D eigenvalue weighted by Crippen LogP contribution is 2.43. The summed E-state index contributed by atoms with van der Waals surface area (Å²) in [6.45, 7) is 4.28. The van der Waals surface area contributed by atoms with E-state index in [0.29, 0.717) is 0 Å². The molecule has 2 rings (SSSR count). The van der Waals surface area contributed by atoms with Crippen LogP contribution in [-0.4, -0.2) is 12.2 Å². The lowest BCUT2D eigenvalue weighted by Gasteiger charge is -2.37. The van der Waals surface area contributed by atoms with E-state index >= 15 is 0 Å². The first kappa shape index (κ1) is 15.6. The Labute approximate surface area is 127 Å². The second-order valence-electron chi connectivity index (χ2n) is 5.41. The molecule has 2 aromatic rings. The molecule has 2 aromatic carbocycles. The van der Waals surface area contributed by atoms with E-state index in [1.807, 2.05) is 42.5 Å². The number of hydrogen-bond donors (Lipinski definition) is 1. The Morgan fingerprint density at radius 3 is 2.24 bits per heavy atom. The van der Waals surface area contributed by atoms with Crippen LogP contribution in [0, 0.1) is 0 Å². The maximum atomic E-state index is 11.0. The van der Waals surface area contributed by atoms with Crippen molar-refractivity contribution in [2.45, 2.75) is 38.2 Å². The molecule has 2 heteroatoms. The normalized spacial score (nSPS) is 13.0. The first-order valence-electron chi connectivity index (χ1n) is 7.55. The van der Waals surface area contributed by atoms with Gasteiger partial charge < -0.3 is 9.84 Å². The van der Waals surface area contributed by atoms with Gasteiger partial charge in [0.2, 0.25) is 0 Å². The summed E-state index contributed by atoms with van der Waals surface area (Å²) >= 11 is 0. The number of benzene rings is 2. The van der Waals surface area contributed by atoms with Gasteiger partial charge in [0.25, 0.3) is 0 Å². The van der Waals surface area contributed by atoms with Crippen LogP contribution in [0.1, 0.15) is 43.9 Å². The van der Waals surface area contributed by atoms with Crippen molar-refractivity contribution in [3.05, 3.63) is 65.7 Å². The number of hydrogen-bond acceptors (Lipinski definition) is 2. The maximum absolute atomic E-state index is 11.0. The molecule has 0 saturated carbocycles. The molecule has 112 valence electrons. The molecule has 0 heterocycles. The molecule has 2 nitrogen and oxygen atoms in total. The summed E-state index contributed by atoms with van der Waals surface area (Å²) in [6.07, 6.45) is 1.21. The number of methoxy groups -OCH3 is 1. The zero-order valence-corrected chi connectivity index (χ0v) is 13.0. The minimum Gasteiger partial charge on any atom is -0.497 e. The molecule has 21 heavy (non-hydrogen) atoms. The van der Waals surface area contributed by atoms with Crippen molar-refractivity contribution in [2.24, 2.45) is 0 Å². The van der Waals surface area contributed by atoms with Gasteiger partial charge in [-0.05, 0) is 36.1 Å². The summed E-state index contributed by atoms with van der Waals surface area (Å²) in [4.78, 5) is 0. The topological polar surface area (TPSA) is 29.5 Å². The van der Waals surface area contributed by atoms with Crippen LogP contribution in [0.2, 0.25) is 0 Å². The van der Waals surface area contributed by atoms with Gasteiger partial charge >= 0.3 is 0 Å². The number of aliphatic hydroxyl groups excluding tert-OH is 1. The highest BCUT2D eigenvalue weighted by atomic mass is 16.5. The Kier molecular flexibility index (Phi) is 5.03. The molecule has 0 aliphatic carbocycles. The van der Waals surface area contributed by atoms with Crippen LogP contribution in [0.3, 0.4) is 0 Å². The summed E-state index contributed by atoms with van der Waals surface area (Å²) in [5, 5.41) is 11.0. The molecule has 0 fully saturated rings. The zero-order valence-electron chi connectivity index (χ0n) is 13.0. The molecule has 0 aromatic heterocycles. The number of rotatable bonds is 6. The van der Waals surface area contributed by atoms with Crippen LogP contribution in [0.15, 0.2) is 54.6 Å². The van der Waals surface area contributed by atoms with Crippen LogP contribution in [0.5, 0.6) is 5.75 Å². The third-order valence-electron chi connectivity index (χ3n) is 4.54. The van der Waals surface area contributed by atoms with Crippen molar-refractivity contribution in [1.29, 1.82) is 0 Å². The third kappa shape index (κ3) is 2.96. The molecule has 0 radical (unpaired) electrons. The van der Waals surface area contributed by atoms with Crippen molar-refractivity contribution >= 4 is 0 Å². The fourth-order valence-corrected chi connectivity index (χ4v) is 3.10. The molecule has 0 aliphatic heterocycles. The lowest BCUT2D eigenvalue weighted by molar-refractivity contribution is 0.0725. The summed E-state index contributed by atoms with van der Waals surface area (Å²) in [5.74, 6) is 0.778. The minimum absolute atomic E-state index is 0.270. The van der Waals surface area contributed by atoms with Crippen LogP contribution >= 0.6 is 0 Å². The highest BCUT2D eigenvalue weighted by molar-refractivity contribution is 5.35. The Morgan fingerprint density at radius 1 is 1.00 bits per heavy atom. The lowest BCUT2D eigenvalue weighted by Crippen LogP contribution is -2.32. The van der Waals surface area contributed by atoms with E-state index in [-0.39, 0.29) is 5.41 Å². The van der Waals surface area contributed by atoms with E-state index in [1.165, 1.54) is 5.56 Å². The van der Waals surface area contributed by atoms with Gasteiger partial charge in [-0.15, -0.1) is 0 Å². The average molecular weight is 284 g/mol. The van der Waals surface area contributed by atoms with Crippen molar-refractivity contribution in [2.75, 3.05) is 7.11 Å². The summed E-state index contributed by atoms with van der Waals surface area (Å²) in [5.41, 5.74) is 1.82. The first-order valence-corrected chi connectivity index (χ1v) is 7.55. The van der Waals surface area contributed by atoms with Crippen LogP contribution in [0.4, 0.5) is 0 Å². The van der Waals surface area contributed by atoms with Gasteiger partial charge in [-0.3, -0.25) is 0 Å². The molecule has 0 bridgehead atoms. The van der Waals surface area contributed by atoms with Gasteiger partial charge in [0, 0.05) is 5.41 Å². The summed E-state index contributed by atoms with van der Waals surface area (Å²) in [6, 6.07) is 18.0. The number of ether oxygens (including phenoxy) is 1. The zero-order chi connectivity index (χ0) is 15.3. The molecule has 0 spiro atoms. The van der Waals surface area contributed by atoms with E-state index < -0.39 is 6.10 Å². The van der Waals surface area contributed by atoms with Crippen molar-refractivity contribution in [3.63, 3.8) is 0 Å². The van der Waals surface area contributed by atoms with Gasteiger partial charge in [-0.2, -0.15) is 0 Å². The molecule has 1 atom stereocenters. The molecular formula is C19H24O2. The Balaban J connectivity index is 2.46. The predicted molar refractivity (Wildman–Crippen MR) is 86.7 cm³/mol. The van der Waals surface area contributed by atoms with Crippen LogP contribution < -0.4 is 4.74 Å². The molecule has 1 unspecified atom stereocenters. The monoisotopic (exact) mass is 284 g/mol. The Hall–Kier alpha value is -1.80. The average Bonchev–Trinajstić information content (AvgIpc) is 2.57. The molecule has 0 aliphatic rings. The van der Waals surface area contributed by atoms with E-state index in [0.717, 1.165) is 24.2 Å². The summed E-state index contributed by atoms with van der Waals surface area (Å²) < 4.78 is 5.28. The first-order chi connectivity index (χ1) is 10.2. The second-order valence-corrected chi connectivity index (χ2v) is 5.41. The second kappa shape index (κ2) is 6.77. The predicted octanol–water partition coefficient (Wildman–Crippen LogP) is 4.49. The van der Waals surface area contributed by atoms with Crippen LogP contribution in [-0.2, 0) is 5.41 Å². The third-order valence-corrected chi connectivity index (χ3v) is 4.54. The quantitative estimate of drug-likeness (QED) is 0.847. The largest absolute Gasteiger partial charge is 0.497 e. The van der Waals surface area contributed by atoms with Gasteiger partial charge in [0.05, 0.1) is 13.2 Å². The fourth-order valence-electron chi connectivity index (χ4n) is 3.10. The van der Waals surface area contributed by atoms with Gasteiger partial charge in [0.1, 0.15) is 5.75 Å². The van der Waals surface area contributed by atoms with E-state index in [9.17, 15) is 5.11 Å². The molecule has 1 N–H and O–H groups in total. The minimum atomic E-state index is -0.551. The highest BCUT2D eigenvalue weighted by Gasteiger charge is 2.37. The summed E-state index contributed by atoms with van der Waals surface area (Å²) in [7, 11) is 1.65. The SMILES string of the molecule is CCC(CC)(c1ccccc1)C(O)c1cccc(OC)c1. The van der Waals surface area contributed by atoms with Crippen molar-refractivity contribution < 1.29 is 9.84 Å². The lowest BCUT2D eigenvalue weighted by atomic mass is 9.69. The standard InChI is InChI=1S/C19H24O2/c1-4-19(5-2,16-11-7-6-8-12-16)18(20)15-10-9-13-17(14-15)21-3/h6-14,18,20H,4-5H2,1-3H3. The van der Waals surface area contributed by atoms with Gasteiger partial charge in [0.15, 0.2) is 0 Å². The Bertz CT molecular complexity index is 559. The molecule has 0 saturated heterocycles. The molecule has 0 amide bonds. The smallest absolute Gasteiger partial charge is 0.119 e. The number of aliphatic hydroxyl groups is 1. The maximum Gasteiger partial charge on any atom is 0.119 e. The van der Waals surface area contributed by atoms with Crippen LogP contribution in [0.25, 0.3) is 0 Å². The fraction of sp³-hybridized carbons (Fsp3) is 0.368. The van der Waals surface area contributed by atoms with E-state index in [4.69, 9.17) is 4.74 Å². The molecular weight excluding hydrogens is 260 g/mol. The van der Waals surface area contributed by atoms with Crippen molar-refractivity contribution in [1.82, 2.24) is 0 Å². The van der Waals surface area contributed by atoms with Crippen molar-refractivity contribution in [3.8, 4) is 5.75 Å². The van der Waals surface area contributed by atoms with Gasteiger partial charge in [-0.25, -0.2) is 0 Å².